The summed E-state index contributed by atoms with van der Waals surface area (Å²) >= 11 is 0. The van der Waals surface area contributed by atoms with Gasteiger partial charge in [-0.15, -0.1) is 0 Å². The van der Waals surface area contributed by atoms with Gasteiger partial charge in [0.15, 0.2) is 0 Å². The number of nitrogens with one attached hydrogen (secondary N) is 1. The molecule has 0 atom stereocenters. The number of benzene rings is 1. The molecule has 17 heavy (non-hydrogen) atoms. The van der Waals surface area contributed by atoms with E-state index in [4.69, 9.17) is 18.7 Å². The zero-order valence-electron chi connectivity index (χ0n) is 9.05. The molecule has 0 radical (unpaired) electrons. The Balaban J connectivity index is 0.000000437. The Kier molecular flexibility index (Phi) is 6.55. The molecule has 0 aliphatic heterocycles. The molecule has 0 aliphatic rings. The van der Waals surface area contributed by atoms with E-state index < -0.39 is 15.4 Å². The lowest BCUT2D eigenvalue weighted by Crippen LogP contribution is -2.20. The number of rotatable bonds is 2. The van der Waals surface area contributed by atoms with E-state index in [0.29, 0.717) is 0 Å². The third-order valence-corrected chi connectivity index (χ3v) is 1.66. The smallest absolute Gasteiger partial charge is 0.351 e. The summed E-state index contributed by atoms with van der Waals surface area (Å²) in [5, 5.41) is 2.56. The number of para-hydroxylation sites is 1. The summed E-state index contributed by atoms with van der Waals surface area (Å²) < 4.78 is 25.2. The number of urea groups is 1. The fourth-order valence-electron chi connectivity index (χ4n) is 1.08. The zero-order chi connectivity index (χ0) is 13.5. The third-order valence-electron chi connectivity index (χ3n) is 1.66. The van der Waals surface area contributed by atoms with Crippen molar-refractivity contribution < 1.29 is 17.8 Å². The SMILES string of the molecule is CCc1ccccc1NC(N)=O.O=S(=O)(O)Cl. The second-order valence-electron chi connectivity index (χ2n) is 2.91. The van der Waals surface area contributed by atoms with Crippen LogP contribution in [0.5, 0.6) is 0 Å². The van der Waals surface area contributed by atoms with Gasteiger partial charge in [-0.3, -0.25) is 4.55 Å². The largest absolute Gasteiger partial charge is 0.353 e. The van der Waals surface area contributed by atoms with Crippen LogP contribution >= 0.6 is 10.7 Å². The van der Waals surface area contributed by atoms with Crippen molar-refractivity contribution in [3.63, 3.8) is 0 Å². The number of halogens is 1. The minimum absolute atomic E-state index is 0.518. The standard InChI is InChI=1S/C9H12N2O.ClHO3S/c1-2-7-5-3-4-6-8(7)11-9(10)12;1-5(2,3)4/h3-6H,2H2,1H3,(H3,10,11,12);(H,2,3,4). The first kappa shape index (κ1) is 15.7. The van der Waals surface area contributed by atoms with Crippen molar-refractivity contribution in [1.82, 2.24) is 0 Å². The highest BCUT2D eigenvalue weighted by atomic mass is 35.7. The molecule has 1 rings (SSSR count). The summed E-state index contributed by atoms with van der Waals surface area (Å²) in [4.78, 5) is 10.5. The molecular weight excluding hydrogens is 268 g/mol. The van der Waals surface area contributed by atoms with Crippen molar-refractivity contribution in [3.8, 4) is 0 Å². The van der Waals surface area contributed by atoms with Crippen LogP contribution in [0.25, 0.3) is 0 Å². The fraction of sp³-hybridized carbons (Fsp3) is 0.222. The highest BCUT2D eigenvalue weighted by Crippen LogP contribution is 2.14. The predicted octanol–water partition coefficient (Wildman–Crippen LogP) is 1.77. The Hall–Kier alpha value is -1.31. The Labute approximate surface area is 104 Å². The van der Waals surface area contributed by atoms with Crippen molar-refractivity contribution >= 4 is 31.7 Å². The molecule has 0 fully saturated rings. The minimum Gasteiger partial charge on any atom is -0.351 e. The van der Waals surface area contributed by atoms with Gasteiger partial charge in [0.25, 0.3) is 0 Å². The van der Waals surface area contributed by atoms with E-state index in [1.807, 2.05) is 31.2 Å². The first-order chi connectivity index (χ1) is 7.74. The second kappa shape index (κ2) is 7.10. The quantitative estimate of drug-likeness (QED) is 0.566. The summed E-state index contributed by atoms with van der Waals surface area (Å²) in [5.41, 5.74) is 6.89. The number of amides is 2. The van der Waals surface area contributed by atoms with Gasteiger partial charge in [-0.1, -0.05) is 25.1 Å². The van der Waals surface area contributed by atoms with Crippen molar-refractivity contribution in [2.24, 2.45) is 5.73 Å². The van der Waals surface area contributed by atoms with E-state index in [9.17, 15) is 4.79 Å². The van der Waals surface area contributed by atoms with Gasteiger partial charge in [-0.05, 0) is 18.1 Å². The van der Waals surface area contributed by atoms with Crippen molar-refractivity contribution in [3.05, 3.63) is 29.8 Å². The molecule has 1 aromatic carbocycles. The molecule has 0 aliphatic carbocycles. The molecule has 0 heterocycles. The van der Waals surface area contributed by atoms with Crippen LogP contribution in [-0.2, 0) is 15.8 Å². The van der Waals surface area contributed by atoms with E-state index in [1.54, 1.807) is 0 Å². The maximum atomic E-state index is 10.5. The van der Waals surface area contributed by atoms with Gasteiger partial charge >= 0.3 is 15.4 Å². The summed E-state index contributed by atoms with van der Waals surface area (Å²) in [6.07, 6.45) is 0.885. The van der Waals surface area contributed by atoms with Crippen LogP contribution in [0, 0.1) is 0 Å². The number of aryl methyl sites for hydroxylation is 1. The lowest BCUT2D eigenvalue weighted by molar-refractivity contribution is 0.259. The predicted molar refractivity (Wildman–Crippen MR) is 66.4 cm³/mol. The number of carbonyl (C=O) groups excluding carboxylic acids is 1. The molecule has 0 unspecified atom stereocenters. The monoisotopic (exact) mass is 280 g/mol. The normalized spacial score (nSPS) is 10.1. The summed E-state index contributed by atoms with van der Waals surface area (Å²) in [7, 11) is -0.137. The molecule has 96 valence electrons. The highest BCUT2D eigenvalue weighted by Gasteiger charge is 1.99. The number of hydrogen-bond donors (Lipinski definition) is 3. The van der Waals surface area contributed by atoms with Gasteiger partial charge in [-0.2, -0.15) is 8.42 Å². The van der Waals surface area contributed by atoms with Crippen LogP contribution in [0.3, 0.4) is 0 Å². The lowest BCUT2D eigenvalue weighted by atomic mass is 10.1. The molecular formula is C9H13ClN2O4S. The third kappa shape index (κ3) is 9.61. The maximum Gasteiger partial charge on any atom is 0.353 e. The van der Waals surface area contributed by atoms with Crippen LogP contribution < -0.4 is 11.1 Å². The summed E-state index contributed by atoms with van der Waals surface area (Å²) in [6, 6.07) is 7.08. The maximum absolute atomic E-state index is 10.5. The summed E-state index contributed by atoms with van der Waals surface area (Å²) in [6.45, 7) is 2.03. The molecule has 2 amide bonds. The Morgan fingerprint density at radius 3 is 2.35 bits per heavy atom. The minimum atomic E-state index is -4.19. The van der Waals surface area contributed by atoms with Crippen molar-refractivity contribution in [1.29, 1.82) is 0 Å². The molecule has 0 saturated heterocycles. The molecule has 0 aromatic heterocycles. The number of carbonyl (C=O) groups is 1. The molecule has 1 aromatic rings. The average molecular weight is 281 g/mol. The Morgan fingerprint density at radius 2 is 1.94 bits per heavy atom. The van der Waals surface area contributed by atoms with Gasteiger partial charge in [0, 0.05) is 16.4 Å². The van der Waals surface area contributed by atoms with Gasteiger partial charge < -0.3 is 11.1 Å². The van der Waals surface area contributed by atoms with Crippen LogP contribution in [0.2, 0.25) is 0 Å². The molecule has 8 heteroatoms. The van der Waals surface area contributed by atoms with Gasteiger partial charge in [0.05, 0.1) is 0 Å². The van der Waals surface area contributed by atoms with Gasteiger partial charge in [0.1, 0.15) is 0 Å². The topological polar surface area (TPSA) is 109 Å². The van der Waals surface area contributed by atoms with E-state index in [1.165, 1.54) is 0 Å². The lowest BCUT2D eigenvalue weighted by Gasteiger charge is -2.06. The number of primary amides is 1. The van der Waals surface area contributed by atoms with Crippen LogP contribution in [0.15, 0.2) is 24.3 Å². The highest BCUT2D eigenvalue weighted by molar-refractivity contribution is 8.09. The number of nitrogens with two attached hydrogens (primary N) is 1. The average Bonchev–Trinajstić information content (AvgIpc) is 2.15. The van der Waals surface area contributed by atoms with Crippen LogP contribution in [0.4, 0.5) is 10.5 Å². The molecule has 4 N–H and O–H groups in total. The number of anilines is 1. The molecule has 6 nitrogen and oxygen atoms in total. The van der Waals surface area contributed by atoms with E-state index in [-0.39, 0.29) is 0 Å². The second-order valence-corrected chi connectivity index (χ2v) is 4.91. The Bertz CT molecular complexity index is 468. The van der Waals surface area contributed by atoms with Gasteiger partial charge in [0.2, 0.25) is 0 Å². The zero-order valence-corrected chi connectivity index (χ0v) is 10.6. The van der Waals surface area contributed by atoms with Gasteiger partial charge in [-0.25, -0.2) is 4.79 Å². The van der Waals surface area contributed by atoms with E-state index in [0.717, 1.165) is 17.7 Å². The first-order valence-electron chi connectivity index (χ1n) is 4.55. The molecule has 0 saturated carbocycles. The van der Waals surface area contributed by atoms with E-state index >= 15 is 0 Å². The first-order valence-corrected chi connectivity index (χ1v) is 6.82. The fourth-order valence-corrected chi connectivity index (χ4v) is 1.08. The van der Waals surface area contributed by atoms with Crippen LogP contribution in [-0.4, -0.2) is 19.0 Å². The number of hydrogen-bond acceptors (Lipinski definition) is 3. The van der Waals surface area contributed by atoms with Crippen molar-refractivity contribution in [2.75, 3.05) is 5.32 Å². The molecule has 0 spiro atoms. The summed E-state index contributed by atoms with van der Waals surface area (Å²) in [5.74, 6) is 0. The van der Waals surface area contributed by atoms with E-state index in [2.05, 4.69) is 16.0 Å². The molecule has 0 bridgehead atoms. The Morgan fingerprint density at radius 1 is 1.47 bits per heavy atom. The van der Waals surface area contributed by atoms with Crippen molar-refractivity contribution in [2.45, 2.75) is 13.3 Å². The van der Waals surface area contributed by atoms with Crippen LogP contribution in [0.1, 0.15) is 12.5 Å².